The molecule has 126 valence electrons. The molecule has 0 aliphatic rings. The Morgan fingerprint density at radius 1 is 1.27 bits per heavy atom. The van der Waals surface area contributed by atoms with E-state index in [1.807, 2.05) is 19.1 Å². The van der Waals surface area contributed by atoms with Crippen LogP contribution in [0, 0.1) is 6.92 Å². The molecule has 0 heterocycles. The molecule has 0 bridgehead atoms. The molecule has 0 aliphatic heterocycles. The fraction of sp³-hybridized carbons (Fsp3) is 0.562. The number of halogens is 1. The van der Waals surface area contributed by atoms with Crippen molar-refractivity contribution in [2.75, 3.05) is 27.4 Å². The lowest BCUT2D eigenvalue weighted by Gasteiger charge is -2.17. The number of nitrogens with one attached hydrogen (secondary N) is 2. The van der Waals surface area contributed by atoms with Gasteiger partial charge in [0.25, 0.3) is 0 Å². The second kappa shape index (κ2) is 11.5. The first-order valence-electron chi connectivity index (χ1n) is 7.27. The van der Waals surface area contributed by atoms with Crippen LogP contribution in [-0.4, -0.2) is 39.4 Å². The maximum Gasteiger partial charge on any atom is 0.191 e. The van der Waals surface area contributed by atoms with Gasteiger partial charge in [-0.25, -0.2) is 4.99 Å². The van der Waals surface area contributed by atoms with Crippen LogP contribution in [0.4, 0.5) is 0 Å². The summed E-state index contributed by atoms with van der Waals surface area (Å²) in [4.78, 5) is 4.61. The molecule has 1 aromatic carbocycles. The number of hydrogen-bond acceptors (Lipinski definition) is 3. The van der Waals surface area contributed by atoms with Crippen molar-refractivity contribution in [1.29, 1.82) is 0 Å². The van der Waals surface area contributed by atoms with Gasteiger partial charge in [0, 0.05) is 19.7 Å². The first-order valence-corrected chi connectivity index (χ1v) is 7.27. The van der Waals surface area contributed by atoms with E-state index in [0.29, 0.717) is 13.2 Å². The van der Waals surface area contributed by atoms with Crippen molar-refractivity contribution in [2.24, 2.45) is 4.99 Å². The van der Waals surface area contributed by atoms with Crippen LogP contribution in [0.15, 0.2) is 23.2 Å². The molecule has 1 aromatic rings. The van der Waals surface area contributed by atoms with Crippen molar-refractivity contribution in [3.8, 4) is 5.75 Å². The summed E-state index contributed by atoms with van der Waals surface area (Å²) in [5.74, 6) is 1.66. The number of hydrogen-bond donors (Lipinski definition) is 2. The maximum atomic E-state index is 5.29. The largest absolute Gasteiger partial charge is 0.497 e. The Balaban J connectivity index is 0.00000441. The second-order valence-electron chi connectivity index (χ2n) is 5.05. The lowest BCUT2D eigenvalue weighted by atomic mass is 10.1. The van der Waals surface area contributed by atoms with Gasteiger partial charge in [-0.05, 0) is 44.0 Å². The zero-order valence-electron chi connectivity index (χ0n) is 14.1. The van der Waals surface area contributed by atoms with Gasteiger partial charge in [-0.15, -0.1) is 24.0 Å². The molecule has 2 N–H and O–H groups in total. The van der Waals surface area contributed by atoms with E-state index in [0.717, 1.165) is 23.8 Å². The molecule has 0 aliphatic carbocycles. The highest BCUT2D eigenvalue weighted by molar-refractivity contribution is 14.0. The van der Waals surface area contributed by atoms with Crippen molar-refractivity contribution in [1.82, 2.24) is 10.6 Å². The molecule has 6 heteroatoms. The van der Waals surface area contributed by atoms with E-state index in [1.54, 1.807) is 14.2 Å². The highest BCUT2D eigenvalue weighted by atomic mass is 127. The SMILES string of the molecule is CCNC(=NCc1cc(C)cc(OC)c1)NC(C)COC.I. The van der Waals surface area contributed by atoms with Crippen LogP contribution in [0.3, 0.4) is 0 Å². The number of aliphatic imine (C=N–C) groups is 1. The van der Waals surface area contributed by atoms with Crippen molar-refractivity contribution >= 4 is 29.9 Å². The molecule has 0 saturated heterocycles. The molecule has 0 radical (unpaired) electrons. The van der Waals surface area contributed by atoms with Gasteiger partial charge in [-0.1, -0.05) is 6.07 Å². The third-order valence-electron chi connectivity index (χ3n) is 2.91. The molecule has 1 atom stereocenters. The van der Waals surface area contributed by atoms with Crippen molar-refractivity contribution in [3.63, 3.8) is 0 Å². The zero-order valence-corrected chi connectivity index (χ0v) is 16.4. The fourth-order valence-electron chi connectivity index (χ4n) is 2.05. The van der Waals surface area contributed by atoms with Gasteiger partial charge >= 0.3 is 0 Å². The Kier molecular flexibility index (Phi) is 11.0. The van der Waals surface area contributed by atoms with E-state index in [9.17, 15) is 0 Å². The average Bonchev–Trinajstić information content (AvgIpc) is 2.44. The molecular weight excluding hydrogens is 393 g/mol. The van der Waals surface area contributed by atoms with Gasteiger partial charge in [0.2, 0.25) is 0 Å². The number of aryl methyl sites for hydroxylation is 1. The van der Waals surface area contributed by atoms with E-state index in [-0.39, 0.29) is 30.0 Å². The number of benzene rings is 1. The van der Waals surface area contributed by atoms with Gasteiger partial charge in [0.1, 0.15) is 5.75 Å². The summed E-state index contributed by atoms with van der Waals surface area (Å²) in [5.41, 5.74) is 2.30. The fourth-order valence-corrected chi connectivity index (χ4v) is 2.05. The van der Waals surface area contributed by atoms with Crippen LogP contribution in [-0.2, 0) is 11.3 Å². The van der Waals surface area contributed by atoms with Gasteiger partial charge in [-0.3, -0.25) is 0 Å². The second-order valence-corrected chi connectivity index (χ2v) is 5.05. The first kappa shape index (κ1) is 21.0. The van der Waals surface area contributed by atoms with E-state index in [2.05, 4.69) is 35.5 Å². The third-order valence-corrected chi connectivity index (χ3v) is 2.91. The summed E-state index contributed by atoms with van der Waals surface area (Å²) in [6.45, 7) is 8.23. The Bertz CT molecular complexity index is 467. The molecule has 0 fully saturated rings. The number of methoxy groups -OCH3 is 2. The lowest BCUT2D eigenvalue weighted by molar-refractivity contribution is 0.179. The molecule has 1 rings (SSSR count). The van der Waals surface area contributed by atoms with E-state index >= 15 is 0 Å². The van der Waals surface area contributed by atoms with Gasteiger partial charge < -0.3 is 20.1 Å². The summed E-state index contributed by atoms with van der Waals surface area (Å²) in [7, 11) is 3.38. The topological polar surface area (TPSA) is 54.9 Å². The summed E-state index contributed by atoms with van der Waals surface area (Å²) < 4.78 is 10.4. The molecule has 22 heavy (non-hydrogen) atoms. The van der Waals surface area contributed by atoms with Gasteiger partial charge in [-0.2, -0.15) is 0 Å². The van der Waals surface area contributed by atoms with Crippen LogP contribution in [0.2, 0.25) is 0 Å². The van der Waals surface area contributed by atoms with E-state index in [1.165, 1.54) is 5.56 Å². The minimum absolute atomic E-state index is 0. The van der Waals surface area contributed by atoms with Crippen LogP contribution in [0.25, 0.3) is 0 Å². The number of nitrogens with zero attached hydrogens (tertiary/aromatic N) is 1. The quantitative estimate of drug-likeness (QED) is 0.404. The Morgan fingerprint density at radius 3 is 2.59 bits per heavy atom. The van der Waals surface area contributed by atoms with Crippen molar-refractivity contribution in [3.05, 3.63) is 29.3 Å². The van der Waals surface area contributed by atoms with Crippen LogP contribution >= 0.6 is 24.0 Å². The monoisotopic (exact) mass is 421 g/mol. The minimum atomic E-state index is 0. The van der Waals surface area contributed by atoms with E-state index < -0.39 is 0 Å². The Hall–Kier alpha value is -1.02. The predicted octanol–water partition coefficient (Wildman–Crippen LogP) is 2.71. The van der Waals surface area contributed by atoms with Crippen molar-refractivity contribution < 1.29 is 9.47 Å². The molecule has 5 nitrogen and oxygen atoms in total. The third kappa shape index (κ3) is 7.84. The number of ether oxygens (including phenoxy) is 2. The molecule has 0 spiro atoms. The van der Waals surface area contributed by atoms with Crippen LogP contribution < -0.4 is 15.4 Å². The van der Waals surface area contributed by atoms with Gasteiger partial charge in [0.05, 0.1) is 20.3 Å². The zero-order chi connectivity index (χ0) is 15.7. The highest BCUT2D eigenvalue weighted by Crippen LogP contribution is 2.16. The summed E-state index contributed by atoms with van der Waals surface area (Å²) in [5, 5.41) is 6.55. The molecule has 0 aromatic heterocycles. The number of rotatable bonds is 7. The lowest BCUT2D eigenvalue weighted by Crippen LogP contribution is -2.43. The van der Waals surface area contributed by atoms with Crippen molar-refractivity contribution in [2.45, 2.75) is 33.4 Å². The number of guanidine groups is 1. The normalized spacial score (nSPS) is 12.3. The summed E-state index contributed by atoms with van der Waals surface area (Å²) in [6, 6.07) is 6.35. The van der Waals surface area contributed by atoms with Crippen LogP contribution in [0.5, 0.6) is 5.75 Å². The molecule has 0 amide bonds. The minimum Gasteiger partial charge on any atom is -0.497 e. The molecule has 0 saturated carbocycles. The van der Waals surface area contributed by atoms with Crippen LogP contribution in [0.1, 0.15) is 25.0 Å². The first-order chi connectivity index (χ1) is 10.1. The summed E-state index contributed by atoms with van der Waals surface area (Å²) in [6.07, 6.45) is 0. The Morgan fingerprint density at radius 2 is 2.00 bits per heavy atom. The maximum absolute atomic E-state index is 5.29. The van der Waals surface area contributed by atoms with Gasteiger partial charge in [0.15, 0.2) is 5.96 Å². The summed E-state index contributed by atoms with van der Waals surface area (Å²) >= 11 is 0. The molecule has 1 unspecified atom stereocenters. The highest BCUT2D eigenvalue weighted by Gasteiger charge is 2.05. The standard InChI is InChI=1S/C16H27N3O2.HI/c1-6-17-16(19-13(3)11-20-4)18-10-14-7-12(2)8-15(9-14)21-5;/h7-9,13H,6,10-11H2,1-5H3,(H2,17,18,19);1H. The van der Waals surface area contributed by atoms with E-state index in [4.69, 9.17) is 9.47 Å². The average molecular weight is 421 g/mol. The predicted molar refractivity (Wildman–Crippen MR) is 102 cm³/mol. The Labute approximate surface area is 150 Å². The molecular formula is C16H28IN3O2. The smallest absolute Gasteiger partial charge is 0.191 e.